The van der Waals surface area contributed by atoms with Crippen molar-refractivity contribution < 1.29 is 28.6 Å². The number of carbonyl (C=O) groups excluding carboxylic acids is 3. The van der Waals surface area contributed by atoms with Gasteiger partial charge in [-0.05, 0) is 54.5 Å². The highest BCUT2D eigenvalue weighted by Crippen LogP contribution is 2.29. The van der Waals surface area contributed by atoms with Gasteiger partial charge in [-0.3, -0.25) is 4.79 Å². The van der Waals surface area contributed by atoms with E-state index in [1.807, 2.05) is 55.5 Å². The Hall–Kier alpha value is -3.91. The van der Waals surface area contributed by atoms with E-state index in [1.165, 1.54) is 25.2 Å². The smallest absolute Gasteiger partial charge is 0.413 e. The number of rotatable bonds is 13. The van der Waals surface area contributed by atoms with Crippen LogP contribution in [0.4, 0.5) is 4.79 Å². The van der Waals surface area contributed by atoms with Gasteiger partial charge in [-0.2, -0.15) is 0 Å². The summed E-state index contributed by atoms with van der Waals surface area (Å²) in [7, 11) is 1.40. The second-order valence-corrected chi connectivity index (χ2v) is 10.6. The molecule has 0 radical (unpaired) electrons. The summed E-state index contributed by atoms with van der Waals surface area (Å²) in [6, 6.07) is 21.2. The van der Waals surface area contributed by atoms with Crippen molar-refractivity contribution in [1.29, 1.82) is 0 Å². The number of fused-ring (bicyclic) bond motifs is 1. The highest BCUT2D eigenvalue weighted by atomic mass is 16.7. The highest BCUT2D eigenvalue weighted by molar-refractivity contribution is 5.87. The predicted octanol–water partition coefficient (Wildman–Crippen LogP) is 5.96. The van der Waals surface area contributed by atoms with Crippen LogP contribution in [0.1, 0.15) is 56.8 Å². The summed E-state index contributed by atoms with van der Waals surface area (Å²) in [5.74, 6) is -1.36. The number of amides is 2. The van der Waals surface area contributed by atoms with Gasteiger partial charge < -0.3 is 24.4 Å². The molecule has 1 N–H and O–H groups in total. The number of ether oxygens (including phenoxy) is 3. The van der Waals surface area contributed by atoms with Crippen LogP contribution in [0.5, 0.6) is 0 Å². The summed E-state index contributed by atoms with van der Waals surface area (Å²) in [5.41, 5.74) is 3.39. The number of nitrogens with zero attached hydrogens (tertiary/aromatic N) is 1. The number of hydrogen-bond acceptors (Lipinski definition) is 6. The summed E-state index contributed by atoms with van der Waals surface area (Å²) in [5, 5.41) is 4.76. The van der Waals surface area contributed by atoms with Crippen LogP contribution in [0.25, 0.3) is 10.8 Å². The molecule has 3 rings (SSSR count). The van der Waals surface area contributed by atoms with E-state index < -0.39 is 30.3 Å². The van der Waals surface area contributed by atoms with Crippen molar-refractivity contribution in [2.75, 3.05) is 20.3 Å². The Morgan fingerprint density at radius 2 is 1.61 bits per heavy atom. The van der Waals surface area contributed by atoms with Gasteiger partial charge in [-0.15, -0.1) is 0 Å². The molecule has 41 heavy (non-hydrogen) atoms. The first-order valence-electron chi connectivity index (χ1n) is 14.1. The standard InChI is InChI=1S/C33H42N2O6/c1-22(2)31(34-30(36)21-39-6)32(37)40-25(5)41-33(38)35(19-11-14-26-13-9-12-23(3)20-26)24(4)28-18-10-16-27-15-7-8-17-29(27)28/h7-10,12-13,15-18,20,22,24-25,31H,11,14,19,21H2,1-6H3,(H,34,36)/t24-,25?,31+/m1/s1. The molecule has 2 amide bonds. The van der Waals surface area contributed by atoms with Gasteiger partial charge in [0.2, 0.25) is 12.2 Å². The summed E-state index contributed by atoms with van der Waals surface area (Å²) >= 11 is 0. The molecule has 0 aliphatic rings. The van der Waals surface area contributed by atoms with Crippen molar-refractivity contribution >= 4 is 28.7 Å². The number of benzene rings is 3. The lowest BCUT2D eigenvalue weighted by molar-refractivity contribution is -0.171. The van der Waals surface area contributed by atoms with E-state index in [4.69, 9.17) is 14.2 Å². The Balaban J connectivity index is 1.76. The van der Waals surface area contributed by atoms with Crippen LogP contribution >= 0.6 is 0 Å². The summed E-state index contributed by atoms with van der Waals surface area (Å²) in [6.45, 7) is 9.38. The highest BCUT2D eigenvalue weighted by Gasteiger charge is 2.30. The zero-order valence-corrected chi connectivity index (χ0v) is 24.9. The van der Waals surface area contributed by atoms with E-state index in [2.05, 4.69) is 30.4 Å². The van der Waals surface area contributed by atoms with Gasteiger partial charge in [0.1, 0.15) is 12.6 Å². The van der Waals surface area contributed by atoms with Crippen molar-refractivity contribution in [3.8, 4) is 0 Å². The summed E-state index contributed by atoms with van der Waals surface area (Å²) < 4.78 is 15.9. The second-order valence-electron chi connectivity index (χ2n) is 10.6. The fourth-order valence-electron chi connectivity index (χ4n) is 4.86. The molecule has 0 heterocycles. The van der Waals surface area contributed by atoms with Crippen LogP contribution < -0.4 is 5.32 Å². The maximum absolute atomic E-state index is 13.6. The zero-order chi connectivity index (χ0) is 29.9. The molecule has 0 aliphatic carbocycles. The molecule has 8 heteroatoms. The zero-order valence-electron chi connectivity index (χ0n) is 24.9. The first-order chi connectivity index (χ1) is 19.6. The molecule has 0 aromatic heterocycles. The Morgan fingerprint density at radius 1 is 0.902 bits per heavy atom. The number of nitrogens with one attached hydrogen (secondary N) is 1. The van der Waals surface area contributed by atoms with E-state index in [9.17, 15) is 14.4 Å². The van der Waals surface area contributed by atoms with E-state index in [0.29, 0.717) is 6.54 Å². The SMILES string of the molecule is COCC(=O)N[C@H](C(=O)OC(C)OC(=O)N(CCCc1cccc(C)c1)[C@H](C)c1cccc2ccccc12)C(C)C. The van der Waals surface area contributed by atoms with Gasteiger partial charge >= 0.3 is 12.1 Å². The molecule has 1 unspecified atom stereocenters. The Labute approximate surface area is 243 Å². The lowest BCUT2D eigenvalue weighted by Gasteiger charge is -2.31. The molecule has 0 saturated carbocycles. The van der Waals surface area contributed by atoms with Crippen LogP contribution in [-0.4, -0.2) is 55.5 Å². The molecular formula is C33H42N2O6. The van der Waals surface area contributed by atoms with E-state index in [1.54, 1.807) is 18.7 Å². The van der Waals surface area contributed by atoms with Crippen molar-refractivity contribution in [1.82, 2.24) is 10.2 Å². The minimum atomic E-state index is -1.16. The fraction of sp³-hybridized carbons (Fsp3) is 0.424. The van der Waals surface area contributed by atoms with Gasteiger partial charge in [0.15, 0.2) is 0 Å². The molecule has 0 saturated heterocycles. The lowest BCUT2D eigenvalue weighted by atomic mass is 9.98. The molecule has 8 nitrogen and oxygen atoms in total. The first kappa shape index (κ1) is 31.6. The third kappa shape index (κ3) is 9.05. The van der Waals surface area contributed by atoms with E-state index >= 15 is 0 Å². The molecule has 220 valence electrons. The maximum atomic E-state index is 13.6. The van der Waals surface area contributed by atoms with Crippen LogP contribution in [0.2, 0.25) is 0 Å². The van der Waals surface area contributed by atoms with Crippen molar-refractivity contribution in [2.45, 2.75) is 65.8 Å². The minimum absolute atomic E-state index is 0.176. The van der Waals surface area contributed by atoms with Gasteiger partial charge in [0, 0.05) is 20.6 Å². The van der Waals surface area contributed by atoms with Gasteiger partial charge in [-0.1, -0.05) is 86.1 Å². The lowest BCUT2D eigenvalue weighted by Crippen LogP contribution is -2.47. The van der Waals surface area contributed by atoms with Crippen LogP contribution in [0.15, 0.2) is 66.7 Å². The van der Waals surface area contributed by atoms with E-state index in [-0.39, 0.29) is 18.6 Å². The first-order valence-corrected chi connectivity index (χ1v) is 14.1. The molecule has 0 fully saturated rings. The van der Waals surface area contributed by atoms with Gasteiger partial charge in [0.25, 0.3) is 0 Å². The Kier molecular flexibility index (Phi) is 11.7. The third-order valence-corrected chi connectivity index (χ3v) is 6.98. The average molecular weight is 563 g/mol. The van der Waals surface area contributed by atoms with Gasteiger partial charge in [-0.25, -0.2) is 9.59 Å². The molecular weight excluding hydrogens is 520 g/mol. The van der Waals surface area contributed by atoms with Crippen LogP contribution in [-0.2, 0) is 30.2 Å². The van der Waals surface area contributed by atoms with E-state index in [0.717, 1.165) is 29.2 Å². The molecule has 3 aromatic carbocycles. The van der Waals surface area contributed by atoms with Crippen molar-refractivity contribution in [2.24, 2.45) is 5.92 Å². The largest absolute Gasteiger partial charge is 0.424 e. The molecule has 3 aromatic rings. The van der Waals surface area contributed by atoms with Crippen molar-refractivity contribution in [3.63, 3.8) is 0 Å². The van der Waals surface area contributed by atoms with Crippen LogP contribution in [0, 0.1) is 12.8 Å². The predicted molar refractivity (Wildman–Crippen MR) is 159 cm³/mol. The number of aryl methyl sites for hydroxylation is 2. The normalized spacial score (nSPS) is 13.3. The molecule has 0 spiro atoms. The topological polar surface area (TPSA) is 94.2 Å². The summed E-state index contributed by atoms with van der Waals surface area (Å²) in [6.07, 6.45) is -0.216. The Morgan fingerprint density at radius 3 is 2.32 bits per heavy atom. The molecule has 0 aliphatic heterocycles. The van der Waals surface area contributed by atoms with Crippen LogP contribution in [0.3, 0.4) is 0 Å². The minimum Gasteiger partial charge on any atom is -0.424 e. The monoisotopic (exact) mass is 562 g/mol. The molecule has 0 bridgehead atoms. The number of hydrogen-bond donors (Lipinski definition) is 1. The quantitative estimate of drug-likeness (QED) is 0.204. The third-order valence-electron chi connectivity index (χ3n) is 6.98. The Bertz CT molecular complexity index is 1320. The number of carbonyl (C=O) groups is 3. The average Bonchev–Trinajstić information content (AvgIpc) is 2.93. The van der Waals surface area contributed by atoms with Crippen molar-refractivity contribution in [3.05, 3.63) is 83.4 Å². The van der Waals surface area contributed by atoms with Gasteiger partial charge in [0.05, 0.1) is 6.04 Å². The second kappa shape index (κ2) is 15.2. The molecule has 3 atom stereocenters. The number of methoxy groups -OCH3 is 1. The number of esters is 1. The maximum Gasteiger partial charge on any atom is 0.413 e. The summed E-state index contributed by atoms with van der Waals surface area (Å²) in [4.78, 5) is 40.1. The fourth-order valence-corrected chi connectivity index (χ4v) is 4.86.